The first kappa shape index (κ1) is 15.8. The summed E-state index contributed by atoms with van der Waals surface area (Å²) in [5.74, 6) is -0.955. The standard InChI is InChI=1S/C15H13FN2O3S2/c1-9-13(14(19)18-10-6-7-23(20,21)8-10)22-15(17-9)11-4-2-3-5-12(11)16/h2-7,10H,8H2,1H3,(H,18,19)/t10-/m0/s1. The summed E-state index contributed by atoms with van der Waals surface area (Å²) in [6.07, 6.45) is 1.45. The summed E-state index contributed by atoms with van der Waals surface area (Å²) in [4.78, 5) is 16.9. The molecule has 0 saturated heterocycles. The number of nitrogens with zero attached hydrogens (tertiary/aromatic N) is 1. The van der Waals surface area contributed by atoms with Gasteiger partial charge in [0.15, 0.2) is 9.84 Å². The van der Waals surface area contributed by atoms with E-state index in [0.717, 1.165) is 16.7 Å². The first-order valence-electron chi connectivity index (χ1n) is 6.80. The lowest BCUT2D eigenvalue weighted by atomic mass is 10.2. The lowest BCUT2D eigenvalue weighted by molar-refractivity contribution is 0.0951. The van der Waals surface area contributed by atoms with Gasteiger partial charge >= 0.3 is 0 Å². The predicted octanol–water partition coefficient (Wildman–Crippen LogP) is 2.30. The van der Waals surface area contributed by atoms with Crippen molar-refractivity contribution in [2.24, 2.45) is 0 Å². The molecule has 2 heterocycles. The largest absolute Gasteiger partial charge is 0.344 e. The number of carbonyl (C=O) groups excluding carboxylic acids is 1. The minimum Gasteiger partial charge on any atom is -0.344 e. The van der Waals surface area contributed by atoms with Gasteiger partial charge in [-0.2, -0.15) is 0 Å². The van der Waals surface area contributed by atoms with Gasteiger partial charge in [-0.05, 0) is 25.1 Å². The molecule has 0 fully saturated rings. The molecule has 120 valence electrons. The van der Waals surface area contributed by atoms with Crippen molar-refractivity contribution in [1.29, 1.82) is 0 Å². The minimum absolute atomic E-state index is 0.142. The molecule has 3 rings (SSSR count). The SMILES string of the molecule is Cc1nc(-c2ccccc2F)sc1C(=O)N[C@H]1C=CS(=O)(=O)C1. The van der Waals surface area contributed by atoms with Crippen LogP contribution in [0.4, 0.5) is 4.39 Å². The van der Waals surface area contributed by atoms with Crippen molar-refractivity contribution in [3.05, 3.63) is 52.1 Å². The first-order valence-corrected chi connectivity index (χ1v) is 9.33. The Morgan fingerprint density at radius 1 is 1.39 bits per heavy atom. The molecule has 0 bridgehead atoms. The zero-order chi connectivity index (χ0) is 16.6. The van der Waals surface area contributed by atoms with Gasteiger partial charge in [-0.15, -0.1) is 11.3 Å². The molecule has 1 atom stereocenters. The van der Waals surface area contributed by atoms with Gasteiger partial charge in [0, 0.05) is 11.0 Å². The average Bonchev–Trinajstić information content (AvgIpc) is 3.02. The smallest absolute Gasteiger partial charge is 0.263 e. The number of sulfone groups is 1. The lowest BCUT2D eigenvalue weighted by Crippen LogP contribution is -2.35. The number of thiazole rings is 1. The number of hydrogen-bond donors (Lipinski definition) is 1. The minimum atomic E-state index is -3.23. The summed E-state index contributed by atoms with van der Waals surface area (Å²) >= 11 is 1.08. The highest BCUT2D eigenvalue weighted by Gasteiger charge is 2.25. The Hall–Kier alpha value is -2.06. The summed E-state index contributed by atoms with van der Waals surface area (Å²) in [5.41, 5.74) is 0.818. The van der Waals surface area contributed by atoms with Crippen molar-refractivity contribution in [2.75, 3.05) is 5.75 Å². The molecule has 23 heavy (non-hydrogen) atoms. The third kappa shape index (κ3) is 3.32. The van der Waals surface area contributed by atoms with Gasteiger partial charge in [0.25, 0.3) is 5.91 Å². The Morgan fingerprint density at radius 2 is 2.13 bits per heavy atom. The Morgan fingerprint density at radius 3 is 2.78 bits per heavy atom. The number of aryl methyl sites for hydroxylation is 1. The molecule has 1 aliphatic rings. The zero-order valence-corrected chi connectivity index (χ0v) is 13.7. The molecule has 1 N–H and O–H groups in total. The van der Waals surface area contributed by atoms with E-state index in [-0.39, 0.29) is 5.75 Å². The van der Waals surface area contributed by atoms with Crippen LogP contribution in [0.3, 0.4) is 0 Å². The van der Waals surface area contributed by atoms with Crippen LogP contribution in [0.1, 0.15) is 15.4 Å². The number of amides is 1. The van der Waals surface area contributed by atoms with Crippen molar-refractivity contribution < 1.29 is 17.6 Å². The fraction of sp³-hybridized carbons (Fsp3) is 0.200. The van der Waals surface area contributed by atoms with Crippen molar-refractivity contribution in [2.45, 2.75) is 13.0 Å². The number of nitrogens with one attached hydrogen (secondary N) is 1. The van der Waals surface area contributed by atoms with Crippen LogP contribution in [0.25, 0.3) is 10.6 Å². The van der Waals surface area contributed by atoms with Crippen LogP contribution in [-0.4, -0.2) is 31.1 Å². The molecular weight excluding hydrogens is 339 g/mol. The van der Waals surface area contributed by atoms with E-state index in [1.807, 2.05) is 0 Å². The fourth-order valence-electron chi connectivity index (χ4n) is 2.26. The van der Waals surface area contributed by atoms with Crippen LogP contribution in [0.15, 0.2) is 35.7 Å². The quantitative estimate of drug-likeness (QED) is 0.920. The van der Waals surface area contributed by atoms with Crippen LogP contribution >= 0.6 is 11.3 Å². The van der Waals surface area contributed by atoms with Gasteiger partial charge in [-0.3, -0.25) is 4.79 Å². The second kappa shape index (κ2) is 5.86. The Balaban J connectivity index is 1.83. The van der Waals surface area contributed by atoms with Crippen LogP contribution in [0, 0.1) is 12.7 Å². The van der Waals surface area contributed by atoms with E-state index in [1.165, 1.54) is 12.1 Å². The second-order valence-electron chi connectivity index (χ2n) is 5.15. The molecule has 0 saturated carbocycles. The number of halogens is 1. The topological polar surface area (TPSA) is 76.1 Å². The summed E-state index contributed by atoms with van der Waals surface area (Å²) in [6, 6.07) is 5.66. The number of benzene rings is 1. The van der Waals surface area contributed by atoms with Crippen LogP contribution in [-0.2, 0) is 9.84 Å². The van der Waals surface area contributed by atoms with Crippen molar-refractivity contribution in [3.63, 3.8) is 0 Å². The summed E-state index contributed by atoms with van der Waals surface area (Å²) in [6.45, 7) is 1.66. The number of aromatic nitrogens is 1. The molecule has 0 spiro atoms. The molecule has 8 heteroatoms. The van der Waals surface area contributed by atoms with E-state index >= 15 is 0 Å². The Labute approximate surface area is 136 Å². The third-order valence-electron chi connectivity index (χ3n) is 3.35. The highest BCUT2D eigenvalue weighted by Crippen LogP contribution is 2.29. The van der Waals surface area contributed by atoms with E-state index in [2.05, 4.69) is 10.3 Å². The normalized spacial score (nSPS) is 19.0. The predicted molar refractivity (Wildman–Crippen MR) is 86.4 cm³/mol. The molecular formula is C15H13FN2O3S2. The van der Waals surface area contributed by atoms with E-state index in [1.54, 1.807) is 25.1 Å². The summed E-state index contributed by atoms with van der Waals surface area (Å²) < 4.78 is 36.5. The molecule has 1 aliphatic heterocycles. The van der Waals surface area contributed by atoms with Gasteiger partial charge in [0.05, 0.1) is 17.5 Å². The maximum atomic E-state index is 13.8. The fourth-order valence-corrected chi connectivity index (χ4v) is 4.49. The monoisotopic (exact) mass is 352 g/mol. The van der Waals surface area contributed by atoms with Crippen molar-refractivity contribution in [3.8, 4) is 10.6 Å². The Bertz CT molecular complexity index is 903. The van der Waals surface area contributed by atoms with Crippen LogP contribution in [0.5, 0.6) is 0 Å². The molecule has 0 aliphatic carbocycles. The number of hydrogen-bond acceptors (Lipinski definition) is 5. The number of carbonyl (C=O) groups is 1. The van der Waals surface area contributed by atoms with E-state index in [0.29, 0.717) is 21.1 Å². The van der Waals surface area contributed by atoms with Gasteiger partial charge in [0.2, 0.25) is 0 Å². The molecule has 2 aromatic rings. The zero-order valence-electron chi connectivity index (χ0n) is 12.1. The van der Waals surface area contributed by atoms with Crippen LogP contribution < -0.4 is 5.32 Å². The lowest BCUT2D eigenvalue weighted by Gasteiger charge is -2.08. The van der Waals surface area contributed by atoms with Gasteiger partial charge in [-0.25, -0.2) is 17.8 Å². The Kier molecular flexibility index (Phi) is 4.03. The molecule has 1 aromatic carbocycles. The molecule has 0 radical (unpaired) electrons. The van der Waals surface area contributed by atoms with E-state index < -0.39 is 27.6 Å². The third-order valence-corrected chi connectivity index (χ3v) is 5.94. The molecule has 1 aromatic heterocycles. The molecule has 1 amide bonds. The summed E-state index contributed by atoms with van der Waals surface area (Å²) in [7, 11) is -3.23. The maximum Gasteiger partial charge on any atom is 0.263 e. The van der Waals surface area contributed by atoms with Gasteiger partial charge < -0.3 is 5.32 Å². The van der Waals surface area contributed by atoms with Crippen molar-refractivity contribution >= 4 is 27.1 Å². The summed E-state index contributed by atoms with van der Waals surface area (Å²) in [5, 5.41) is 4.16. The molecule has 0 unspecified atom stereocenters. The second-order valence-corrected chi connectivity index (χ2v) is 8.08. The molecule has 5 nitrogen and oxygen atoms in total. The maximum absolute atomic E-state index is 13.8. The van der Waals surface area contributed by atoms with Gasteiger partial charge in [0.1, 0.15) is 15.7 Å². The van der Waals surface area contributed by atoms with Gasteiger partial charge in [-0.1, -0.05) is 12.1 Å². The average molecular weight is 352 g/mol. The van der Waals surface area contributed by atoms with Crippen LogP contribution in [0.2, 0.25) is 0 Å². The van der Waals surface area contributed by atoms with E-state index in [9.17, 15) is 17.6 Å². The van der Waals surface area contributed by atoms with E-state index in [4.69, 9.17) is 0 Å². The number of rotatable bonds is 3. The first-order chi connectivity index (χ1) is 10.9. The highest BCUT2D eigenvalue weighted by molar-refractivity contribution is 7.94. The van der Waals surface area contributed by atoms with Crippen molar-refractivity contribution in [1.82, 2.24) is 10.3 Å². The highest BCUT2D eigenvalue weighted by atomic mass is 32.2.